The van der Waals surface area contributed by atoms with Gasteiger partial charge in [-0.1, -0.05) is 0 Å². The Labute approximate surface area is 264 Å². The fourth-order valence-electron chi connectivity index (χ4n) is 5.12. The number of aliphatic hydroxyl groups excluding tert-OH is 1. The molecule has 46 heavy (non-hydrogen) atoms. The summed E-state index contributed by atoms with van der Waals surface area (Å²) < 4.78 is 63.9. The lowest BCUT2D eigenvalue weighted by Gasteiger charge is -2.25. The molecule has 12 nitrogen and oxygen atoms in total. The molecule has 3 aromatic carbocycles. The molecule has 1 aliphatic rings. The number of rotatable bonds is 9. The number of aliphatic hydroxyl groups is 1. The van der Waals surface area contributed by atoms with Crippen LogP contribution in [0.15, 0.2) is 65.1 Å². The quantitative estimate of drug-likeness (QED) is 0.225. The van der Waals surface area contributed by atoms with E-state index >= 15 is 0 Å². The van der Waals surface area contributed by atoms with Gasteiger partial charge in [-0.05, 0) is 68.4 Å². The zero-order chi connectivity index (χ0) is 33.3. The van der Waals surface area contributed by atoms with Crippen LogP contribution in [0.2, 0.25) is 0 Å². The fraction of sp³-hybridized carbons (Fsp3) is 0.312. The van der Waals surface area contributed by atoms with Crippen molar-refractivity contribution in [2.45, 2.75) is 38.2 Å². The molecule has 4 N–H and O–H groups in total. The first-order valence-electron chi connectivity index (χ1n) is 14.4. The number of esters is 1. The molecule has 1 amide bonds. The first-order valence-corrected chi connectivity index (χ1v) is 16.2. The van der Waals surface area contributed by atoms with E-state index < -0.39 is 46.3 Å². The molecule has 0 spiro atoms. The van der Waals surface area contributed by atoms with Crippen LogP contribution in [0.5, 0.6) is 11.5 Å². The summed E-state index contributed by atoms with van der Waals surface area (Å²) >= 11 is 0. The van der Waals surface area contributed by atoms with E-state index in [-0.39, 0.29) is 41.6 Å². The summed E-state index contributed by atoms with van der Waals surface area (Å²) in [7, 11) is -2.39. The Balaban J connectivity index is 1.52. The molecule has 0 saturated heterocycles. The van der Waals surface area contributed by atoms with Gasteiger partial charge in [0.1, 0.15) is 47.4 Å². The van der Waals surface area contributed by atoms with Gasteiger partial charge in [0.25, 0.3) is 5.91 Å². The summed E-state index contributed by atoms with van der Waals surface area (Å²) in [6.07, 6.45) is -1.67. The molecule has 0 bridgehead atoms. The van der Waals surface area contributed by atoms with E-state index in [2.05, 4.69) is 5.32 Å². The molecule has 5 rings (SSSR count). The number of amides is 1. The number of hydrogen-bond acceptors (Lipinski definition) is 10. The minimum atomic E-state index is -3.87. The average molecular weight is 656 g/mol. The number of benzene rings is 3. The van der Waals surface area contributed by atoms with Crippen molar-refractivity contribution in [3.63, 3.8) is 0 Å². The highest BCUT2D eigenvalue weighted by Gasteiger charge is 2.35. The molecule has 2 heterocycles. The van der Waals surface area contributed by atoms with Gasteiger partial charge in [-0.15, -0.1) is 0 Å². The van der Waals surface area contributed by atoms with E-state index in [4.69, 9.17) is 24.4 Å². The highest BCUT2D eigenvalue weighted by atomic mass is 32.2. The standard InChI is InChI=1S/C32H34FN3O9S/c1-17(37)29(34)32(39)42-16-23-15-36(46(4,40)41)26-14-27-25(13-24(26)18(2)43-23)28(31(38)35-3)30(45-27)19-5-9-21(10-6-19)44-22-11-7-20(33)8-12-22/h5-14,17-18,23,29,37H,15-16,34H2,1-4H3,(H,35,38)/t17-,18+,23+,29+/m1/s1. The molecule has 0 saturated carbocycles. The van der Waals surface area contributed by atoms with E-state index in [1.165, 1.54) is 38.2 Å². The molecule has 0 fully saturated rings. The third kappa shape index (κ3) is 6.84. The Kier molecular flexibility index (Phi) is 9.35. The van der Waals surface area contributed by atoms with Crippen molar-refractivity contribution >= 4 is 38.6 Å². The Morgan fingerprint density at radius 2 is 1.76 bits per heavy atom. The summed E-state index contributed by atoms with van der Waals surface area (Å²) in [5, 5.41) is 12.7. The van der Waals surface area contributed by atoms with Crippen LogP contribution < -0.4 is 20.1 Å². The number of hydrogen-bond donors (Lipinski definition) is 3. The predicted octanol–water partition coefficient (Wildman–Crippen LogP) is 3.87. The summed E-state index contributed by atoms with van der Waals surface area (Å²) in [5.74, 6) is -0.493. The van der Waals surface area contributed by atoms with Crippen LogP contribution in [0.25, 0.3) is 22.3 Å². The number of carbonyl (C=O) groups excluding carboxylic acids is 2. The second kappa shape index (κ2) is 13.1. The first-order chi connectivity index (χ1) is 21.8. The summed E-state index contributed by atoms with van der Waals surface area (Å²) in [6, 6.07) is 14.3. The second-order valence-electron chi connectivity index (χ2n) is 11.0. The number of fused-ring (bicyclic) bond motifs is 2. The predicted molar refractivity (Wildman–Crippen MR) is 168 cm³/mol. The van der Waals surface area contributed by atoms with Crippen LogP contribution in [-0.4, -0.2) is 70.1 Å². The number of halogens is 1. The zero-order valence-corrected chi connectivity index (χ0v) is 26.3. The average Bonchev–Trinajstić information content (AvgIpc) is 3.32. The number of sulfonamides is 1. The van der Waals surface area contributed by atoms with Gasteiger partial charge in [-0.25, -0.2) is 12.8 Å². The largest absolute Gasteiger partial charge is 0.462 e. The summed E-state index contributed by atoms with van der Waals surface area (Å²) in [5.41, 5.74) is 7.45. The van der Waals surface area contributed by atoms with Crippen LogP contribution >= 0.6 is 0 Å². The summed E-state index contributed by atoms with van der Waals surface area (Å²) in [4.78, 5) is 25.5. The van der Waals surface area contributed by atoms with E-state index in [0.29, 0.717) is 28.0 Å². The van der Waals surface area contributed by atoms with Crippen LogP contribution in [0.3, 0.4) is 0 Å². The number of carbonyl (C=O) groups is 2. The van der Waals surface area contributed by atoms with Gasteiger partial charge in [-0.2, -0.15) is 0 Å². The Hall–Kier alpha value is -4.50. The SMILES string of the molecule is CNC(=O)c1c(-c2ccc(Oc3ccc(F)cc3)cc2)oc2cc3c(cc12)[C@H](C)O[C@H](COC(=O)[C@@H](N)[C@@H](C)O)CN3S(C)(=O)=O. The van der Waals surface area contributed by atoms with E-state index in [9.17, 15) is 27.5 Å². The molecular formula is C32H34FN3O9S. The van der Waals surface area contributed by atoms with Crippen molar-refractivity contribution in [1.29, 1.82) is 0 Å². The summed E-state index contributed by atoms with van der Waals surface area (Å²) in [6.45, 7) is 2.57. The maximum atomic E-state index is 13.3. The number of ether oxygens (including phenoxy) is 3. The normalized spacial score (nSPS) is 17.9. The molecule has 14 heteroatoms. The van der Waals surface area contributed by atoms with Gasteiger partial charge in [0.15, 0.2) is 0 Å². The second-order valence-corrected chi connectivity index (χ2v) is 12.9. The molecule has 244 valence electrons. The third-order valence-corrected chi connectivity index (χ3v) is 8.68. The number of nitrogens with one attached hydrogen (secondary N) is 1. The van der Waals surface area contributed by atoms with Crippen molar-refractivity contribution < 1.29 is 46.1 Å². The van der Waals surface area contributed by atoms with Gasteiger partial charge in [-0.3, -0.25) is 13.9 Å². The Morgan fingerprint density at radius 1 is 1.13 bits per heavy atom. The van der Waals surface area contributed by atoms with Crippen LogP contribution in [-0.2, 0) is 24.3 Å². The third-order valence-electron chi connectivity index (χ3n) is 7.53. The van der Waals surface area contributed by atoms with E-state index in [1.54, 1.807) is 43.3 Å². The molecular weight excluding hydrogens is 621 g/mol. The molecule has 1 aromatic heterocycles. The number of nitrogens with two attached hydrogens (primary N) is 1. The fourth-order valence-corrected chi connectivity index (χ4v) is 6.07. The lowest BCUT2D eigenvalue weighted by atomic mass is 10.0. The van der Waals surface area contributed by atoms with E-state index in [1.807, 2.05) is 0 Å². The minimum absolute atomic E-state index is 0.190. The number of furan rings is 1. The van der Waals surface area contributed by atoms with E-state index in [0.717, 1.165) is 10.6 Å². The van der Waals surface area contributed by atoms with Crippen LogP contribution in [0.1, 0.15) is 35.9 Å². The van der Waals surface area contributed by atoms with Crippen molar-refractivity contribution in [2.75, 3.05) is 30.8 Å². The van der Waals surface area contributed by atoms with Gasteiger partial charge in [0, 0.05) is 29.6 Å². The number of nitrogens with zero attached hydrogens (tertiary/aromatic N) is 1. The molecule has 0 unspecified atom stereocenters. The van der Waals surface area contributed by atoms with Crippen molar-refractivity contribution in [3.8, 4) is 22.8 Å². The molecule has 4 aromatic rings. The Bertz CT molecular complexity index is 1860. The van der Waals surface area contributed by atoms with Gasteiger partial charge in [0.2, 0.25) is 10.0 Å². The van der Waals surface area contributed by atoms with Crippen molar-refractivity contribution in [1.82, 2.24) is 5.32 Å². The smallest absolute Gasteiger partial charge is 0.325 e. The van der Waals surface area contributed by atoms with Gasteiger partial charge >= 0.3 is 5.97 Å². The Morgan fingerprint density at radius 3 is 2.35 bits per heavy atom. The monoisotopic (exact) mass is 655 g/mol. The van der Waals surface area contributed by atoms with Crippen LogP contribution in [0, 0.1) is 5.82 Å². The highest BCUT2D eigenvalue weighted by Crippen LogP contribution is 2.42. The van der Waals surface area contributed by atoms with Crippen molar-refractivity contribution in [3.05, 3.63) is 77.6 Å². The molecule has 1 aliphatic heterocycles. The zero-order valence-electron chi connectivity index (χ0n) is 25.5. The van der Waals surface area contributed by atoms with Gasteiger partial charge in [0.05, 0.1) is 36.3 Å². The first kappa shape index (κ1) is 32.9. The lowest BCUT2D eigenvalue weighted by Crippen LogP contribution is -2.44. The maximum Gasteiger partial charge on any atom is 0.325 e. The van der Waals surface area contributed by atoms with Crippen LogP contribution in [0.4, 0.5) is 10.1 Å². The number of anilines is 1. The topological polar surface area (TPSA) is 171 Å². The maximum absolute atomic E-state index is 13.3. The highest BCUT2D eigenvalue weighted by molar-refractivity contribution is 7.92. The molecule has 0 aliphatic carbocycles. The van der Waals surface area contributed by atoms with Crippen molar-refractivity contribution in [2.24, 2.45) is 5.73 Å². The lowest BCUT2D eigenvalue weighted by molar-refractivity contribution is -0.152. The minimum Gasteiger partial charge on any atom is -0.462 e. The van der Waals surface area contributed by atoms with Gasteiger partial charge < -0.3 is 34.8 Å². The molecule has 0 radical (unpaired) electrons. The molecule has 4 atom stereocenters.